The van der Waals surface area contributed by atoms with Crippen LogP contribution in [0.3, 0.4) is 0 Å². The molecular weight excluding hydrogens is 284 g/mol. The van der Waals surface area contributed by atoms with E-state index in [1.165, 1.54) is 6.07 Å². The lowest BCUT2D eigenvalue weighted by Crippen LogP contribution is -2.37. The molecule has 22 heavy (non-hydrogen) atoms. The number of hydrogen-bond donors (Lipinski definition) is 2. The van der Waals surface area contributed by atoms with E-state index in [-0.39, 0.29) is 22.4 Å². The molecule has 0 aliphatic rings. The van der Waals surface area contributed by atoms with Crippen molar-refractivity contribution in [1.29, 1.82) is 0 Å². The first-order valence-corrected chi connectivity index (χ1v) is 7.45. The van der Waals surface area contributed by atoms with Crippen molar-refractivity contribution in [1.82, 2.24) is 5.32 Å². The fourth-order valence-electron chi connectivity index (χ4n) is 2.33. The normalized spacial score (nSPS) is 12.6. The van der Waals surface area contributed by atoms with Crippen molar-refractivity contribution >= 4 is 11.7 Å². The number of aliphatic carboxylic acids is 1. The Bertz CT molecular complexity index is 541. The Morgan fingerprint density at radius 3 is 2.41 bits per heavy atom. The van der Waals surface area contributed by atoms with E-state index in [2.05, 4.69) is 5.32 Å². The minimum absolute atomic E-state index is 0.0649. The molecule has 0 fully saturated rings. The summed E-state index contributed by atoms with van der Waals surface area (Å²) in [6.45, 7) is 8.02. The van der Waals surface area contributed by atoms with Gasteiger partial charge in [0.1, 0.15) is 6.04 Å². The van der Waals surface area contributed by atoms with Gasteiger partial charge in [0.05, 0.1) is 4.92 Å². The maximum absolute atomic E-state index is 11.2. The summed E-state index contributed by atoms with van der Waals surface area (Å²) in [6.07, 6.45) is 0.515. The van der Waals surface area contributed by atoms with Crippen molar-refractivity contribution in [3.05, 3.63) is 39.4 Å². The summed E-state index contributed by atoms with van der Waals surface area (Å²) in [6, 6.07) is 4.43. The lowest BCUT2D eigenvalue weighted by atomic mass is 9.99. The Balaban J connectivity index is 2.87. The average Bonchev–Trinajstić information content (AvgIpc) is 2.42. The number of nitrogens with zero attached hydrogens (tertiary/aromatic N) is 1. The Labute approximate surface area is 130 Å². The van der Waals surface area contributed by atoms with E-state index in [0.29, 0.717) is 24.1 Å². The molecule has 0 aromatic heterocycles. The van der Waals surface area contributed by atoms with Gasteiger partial charge in [-0.15, -0.1) is 0 Å². The van der Waals surface area contributed by atoms with Gasteiger partial charge in [-0.25, -0.2) is 0 Å². The standard InChI is InChI=1S/C16H24N2O4/c1-10(2)7-14(16(19)20)17-9-12-5-6-13(11(3)4)15(8-12)18(21)22/h5-6,8,10-11,14,17H,7,9H2,1-4H3,(H,19,20)/t14-/m0/s1. The molecule has 0 amide bonds. The zero-order valence-corrected chi connectivity index (χ0v) is 13.5. The largest absolute Gasteiger partial charge is 0.480 e. The second-order valence-corrected chi connectivity index (χ2v) is 6.21. The van der Waals surface area contributed by atoms with E-state index in [1.807, 2.05) is 33.8 Å². The molecule has 0 unspecified atom stereocenters. The molecule has 0 bridgehead atoms. The molecule has 6 heteroatoms. The molecule has 122 valence electrons. The SMILES string of the molecule is CC(C)C[C@H](NCc1ccc(C(C)C)c([N+](=O)[O-])c1)C(=O)O. The van der Waals surface area contributed by atoms with E-state index in [4.69, 9.17) is 0 Å². The van der Waals surface area contributed by atoms with E-state index in [1.54, 1.807) is 6.07 Å². The molecule has 6 nitrogen and oxygen atoms in total. The van der Waals surface area contributed by atoms with Crippen molar-refractivity contribution < 1.29 is 14.8 Å². The zero-order chi connectivity index (χ0) is 16.9. The van der Waals surface area contributed by atoms with Crippen LogP contribution in [0.2, 0.25) is 0 Å². The number of carboxylic acids is 1. The molecule has 1 aromatic rings. The number of benzene rings is 1. The Kier molecular flexibility index (Phi) is 6.49. The van der Waals surface area contributed by atoms with Crippen LogP contribution in [0.15, 0.2) is 18.2 Å². The van der Waals surface area contributed by atoms with Crippen LogP contribution in [-0.2, 0) is 11.3 Å². The Morgan fingerprint density at radius 2 is 1.95 bits per heavy atom. The van der Waals surface area contributed by atoms with Crippen LogP contribution in [0.1, 0.15) is 51.2 Å². The first kappa shape index (κ1) is 18.1. The summed E-state index contributed by atoms with van der Waals surface area (Å²) in [4.78, 5) is 22.0. The maximum atomic E-state index is 11.2. The molecule has 0 radical (unpaired) electrons. The third-order valence-electron chi connectivity index (χ3n) is 3.47. The lowest BCUT2D eigenvalue weighted by molar-refractivity contribution is -0.385. The van der Waals surface area contributed by atoms with Crippen LogP contribution in [0.5, 0.6) is 0 Å². The van der Waals surface area contributed by atoms with E-state index in [0.717, 1.165) is 0 Å². The summed E-state index contributed by atoms with van der Waals surface area (Å²) in [5.41, 5.74) is 1.49. The van der Waals surface area contributed by atoms with Gasteiger partial charge in [-0.3, -0.25) is 14.9 Å². The number of hydrogen-bond acceptors (Lipinski definition) is 4. The Morgan fingerprint density at radius 1 is 1.32 bits per heavy atom. The van der Waals surface area contributed by atoms with Gasteiger partial charge in [0.2, 0.25) is 0 Å². The lowest BCUT2D eigenvalue weighted by Gasteiger charge is -2.17. The predicted molar refractivity (Wildman–Crippen MR) is 84.9 cm³/mol. The van der Waals surface area contributed by atoms with Crippen LogP contribution in [-0.4, -0.2) is 22.0 Å². The van der Waals surface area contributed by atoms with Gasteiger partial charge in [-0.05, 0) is 23.8 Å². The second kappa shape index (κ2) is 7.89. The molecule has 0 aliphatic carbocycles. The topological polar surface area (TPSA) is 92.5 Å². The highest BCUT2D eigenvalue weighted by atomic mass is 16.6. The second-order valence-electron chi connectivity index (χ2n) is 6.21. The summed E-state index contributed by atoms with van der Waals surface area (Å²) in [7, 11) is 0. The monoisotopic (exact) mass is 308 g/mol. The number of nitrogens with one attached hydrogen (secondary N) is 1. The molecule has 0 spiro atoms. The minimum atomic E-state index is -0.901. The highest BCUT2D eigenvalue weighted by Gasteiger charge is 2.20. The van der Waals surface area contributed by atoms with Gasteiger partial charge >= 0.3 is 5.97 Å². The summed E-state index contributed by atoms with van der Waals surface area (Å²) < 4.78 is 0. The van der Waals surface area contributed by atoms with Crippen molar-refractivity contribution in [2.75, 3.05) is 0 Å². The van der Waals surface area contributed by atoms with Crippen molar-refractivity contribution in [2.24, 2.45) is 5.92 Å². The van der Waals surface area contributed by atoms with Crippen LogP contribution < -0.4 is 5.32 Å². The predicted octanol–water partition coefficient (Wildman–Crippen LogP) is 3.31. The van der Waals surface area contributed by atoms with Crippen molar-refractivity contribution in [2.45, 2.75) is 52.6 Å². The molecular formula is C16H24N2O4. The van der Waals surface area contributed by atoms with Crippen molar-refractivity contribution in [3.63, 3.8) is 0 Å². The first-order chi connectivity index (χ1) is 10.2. The third-order valence-corrected chi connectivity index (χ3v) is 3.47. The van der Waals surface area contributed by atoms with Gasteiger partial charge < -0.3 is 10.4 Å². The fraction of sp³-hybridized carbons (Fsp3) is 0.562. The quantitative estimate of drug-likeness (QED) is 0.568. The molecule has 2 N–H and O–H groups in total. The highest BCUT2D eigenvalue weighted by Crippen LogP contribution is 2.27. The Hall–Kier alpha value is -1.95. The van der Waals surface area contributed by atoms with Crippen LogP contribution in [0.4, 0.5) is 5.69 Å². The number of nitro groups is 1. The first-order valence-electron chi connectivity index (χ1n) is 7.45. The summed E-state index contributed by atoms with van der Waals surface area (Å²) in [5.74, 6) is -0.580. The smallest absolute Gasteiger partial charge is 0.320 e. The van der Waals surface area contributed by atoms with E-state index in [9.17, 15) is 20.0 Å². The van der Waals surface area contributed by atoms with Crippen LogP contribution in [0.25, 0.3) is 0 Å². The molecule has 1 aromatic carbocycles. The number of rotatable bonds is 8. The molecule has 0 saturated heterocycles. The highest BCUT2D eigenvalue weighted by molar-refractivity contribution is 5.73. The van der Waals surface area contributed by atoms with Gasteiger partial charge in [-0.2, -0.15) is 0 Å². The van der Waals surface area contributed by atoms with Gasteiger partial charge in [0, 0.05) is 18.2 Å². The molecule has 0 aliphatic heterocycles. The van der Waals surface area contributed by atoms with E-state index < -0.39 is 12.0 Å². The van der Waals surface area contributed by atoms with Crippen molar-refractivity contribution in [3.8, 4) is 0 Å². The average molecular weight is 308 g/mol. The van der Waals surface area contributed by atoms with Gasteiger partial charge in [0.15, 0.2) is 0 Å². The molecule has 1 atom stereocenters. The molecule has 0 saturated carbocycles. The minimum Gasteiger partial charge on any atom is -0.480 e. The molecule has 1 rings (SSSR count). The van der Waals surface area contributed by atoms with Gasteiger partial charge in [-0.1, -0.05) is 39.8 Å². The number of carboxylic acid groups (broad SMARTS) is 1. The van der Waals surface area contributed by atoms with Crippen LogP contribution >= 0.6 is 0 Å². The maximum Gasteiger partial charge on any atom is 0.320 e. The molecule has 0 heterocycles. The third kappa shape index (κ3) is 5.11. The number of nitro benzene ring substituents is 1. The zero-order valence-electron chi connectivity index (χ0n) is 13.5. The fourth-order valence-corrected chi connectivity index (χ4v) is 2.33. The number of carbonyl (C=O) groups is 1. The van der Waals surface area contributed by atoms with Crippen LogP contribution in [0, 0.1) is 16.0 Å². The summed E-state index contributed by atoms with van der Waals surface area (Å²) >= 11 is 0. The van der Waals surface area contributed by atoms with E-state index >= 15 is 0 Å². The summed E-state index contributed by atoms with van der Waals surface area (Å²) in [5, 5.41) is 23.3. The van der Waals surface area contributed by atoms with Gasteiger partial charge in [0.25, 0.3) is 5.69 Å².